The van der Waals surface area contributed by atoms with Crippen molar-refractivity contribution >= 4 is 17.6 Å². The number of β-amino-alcohol motifs (C(OH)–C–C–N with tert-alkyl or cyclic N) is 1. The van der Waals surface area contributed by atoms with Crippen molar-refractivity contribution in [3.05, 3.63) is 95.1 Å². The van der Waals surface area contributed by atoms with Gasteiger partial charge in [0.2, 0.25) is 5.91 Å². The normalized spacial score (nSPS) is 12.9. The van der Waals surface area contributed by atoms with Crippen LogP contribution < -0.4 is 21.7 Å². The summed E-state index contributed by atoms with van der Waals surface area (Å²) in [5.74, 6) is -0.321. The number of benzene rings is 3. The first-order valence-corrected chi connectivity index (χ1v) is 12.4. The quantitative estimate of drug-likeness (QED) is 0.182. The minimum Gasteiger partial charge on any atom is -0.506 e. The molecule has 3 aromatic rings. The molecule has 0 radical (unpaired) electrons. The van der Waals surface area contributed by atoms with Gasteiger partial charge in [0, 0.05) is 12.1 Å². The average molecular weight is 521 g/mol. The number of rotatable bonds is 12. The molecule has 9 heteroatoms. The van der Waals surface area contributed by atoms with Crippen molar-refractivity contribution in [1.29, 1.82) is 0 Å². The maximum Gasteiger partial charge on any atom is 0.316 e. The van der Waals surface area contributed by atoms with Crippen molar-refractivity contribution in [3.63, 3.8) is 0 Å². The zero-order valence-electron chi connectivity index (χ0n) is 21.6. The van der Waals surface area contributed by atoms with Gasteiger partial charge >= 0.3 is 6.03 Å². The van der Waals surface area contributed by atoms with E-state index < -0.39 is 18.2 Å². The van der Waals surface area contributed by atoms with E-state index in [9.17, 15) is 24.9 Å². The summed E-state index contributed by atoms with van der Waals surface area (Å²) >= 11 is 0. The molecular formula is C29H36N4O5. The molecule has 8 N–H and O–H groups in total. The monoisotopic (exact) mass is 520 g/mol. The van der Waals surface area contributed by atoms with E-state index in [1.165, 1.54) is 12.1 Å². The number of aliphatic hydroxyl groups is 2. The largest absolute Gasteiger partial charge is 0.506 e. The lowest BCUT2D eigenvalue weighted by Gasteiger charge is -2.28. The summed E-state index contributed by atoms with van der Waals surface area (Å²) < 4.78 is 0. The van der Waals surface area contributed by atoms with Crippen LogP contribution in [0.5, 0.6) is 5.75 Å². The number of nitrogens with one attached hydrogen (secondary N) is 3. The number of primary amides is 1. The van der Waals surface area contributed by atoms with Gasteiger partial charge in [0.25, 0.3) is 0 Å². The van der Waals surface area contributed by atoms with Crippen molar-refractivity contribution in [2.24, 2.45) is 5.73 Å². The number of amides is 3. The molecule has 202 valence electrons. The molecule has 0 aliphatic rings. The molecule has 0 aliphatic heterocycles. The fourth-order valence-electron chi connectivity index (χ4n) is 4.26. The molecule has 0 aromatic heterocycles. The second kappa shape index (κ2) is 13.0. The third-order valence-electron chi connectivity index (χ3n) is 6.16. The maximum atomic E-state index is 12.7. The van der Waals surface area contributed by atoms with E-state index in [0.717, 1.165) is 16.7 Å². The van der Waals surface area contributed by atoms with Gasteiger partial charge in [-0.05, 0) is 54.7 Å². The van der Waals surface area contributed by atoms with Crippen LogP contribution in [-0.2, 0) is 17.6 Å². The molecule has 0 fully saturated rings. The first-order chi connectivity index (χ1) is 18.1. The summed E-state index contributed by atoms with van der Waals surface area (Å²) in [4.78, 5) is 23.8. The van der Waals surface area contributed by atoms with E-state index in [2.05, 4.69) is 16.0 Å². The molecule has 38 heavy (non-hydrogen) atoms. The second-order valence-corrected chi connectivity index (χ2v) is 9.93. The Hall–Kier alpha value is -3.92. The molecule has 0 saturated heterocycles. The van der Waals surface area contributed by atoms with Gasteiger partial charge in [-0.2, -0.15) is 0 Å². The van der Waals surface area contributed by atoms with Gasteiger partial charge in [0.1, 0.15) is 5.75 Å². The van der Waals surface area contributed by atoms with E-state index in [-0.39, 0.29) is 42.5 Å². The standard InChI is InChI=1S/C29H36N4O5/c1-29(2,31-17-26(36)22-11-12-25(35)23(15-22)33-28(30)38)16-20-8-6-7-19(13-20)14-27(37)32-24(18-34)21-9-4-3-5-10-21/h3-13,15,24,26,31,34-36H,14,16-18H2,1-2H3,(H,32,37)(H3,30,33,38). The predicted octanol–water partition coefficient (Wildman–Crippen LogP) is 2.92. The summed E-state index contributed by atoms with van der Waals surface area (Å²) in [6, 6.07) is 20.3. The number of aliphatic hydroxyl groups excluding tert-OH is 2. The number of hydrogen-bond donors (Lipinski definition) is 7. The Morgan fingerprint density at radius 2 is 1.66 bits per heavy atom. The Balaban J connectivity index is 1.57. The highest BCUT2D eigenvalue weighted by Crippen LogP contribution is 2.27. The fraction of sp³-hybridized carbons (Fsp3) is 0.310. The molecule has 9 nitrogen and oxygen atoms in total. The maximum absolute atomic E-state index is 12.7. The number of carbonyl (C=O) groups is 2. The van der Waals surface area contributed by atoms with Gasteiger partial charge < -0.3 is 37.0 Å². The molecule has 0 aliphatic carbocycles. The van der Waals surface area contributed by atoms with Gasteiger partial charge in [0.15, 0.2) is 0 Å². The van der Waals surface area contributed by atoms with E-state index in [4.69, 9.17) is 5.73 Å². The van der Waals surface area contributed by atoms with Crippen molar-refractivity contribution < 1.29 is 24.9 Å². The highest BCUT2D eigenvalue weighted by atomic mass is 16.3. The molecule has 0 bridgehead atoms. The number of nitrogens with two attached hydrogens (primary N) is 1. The smallest absolute Gasteiger partial charge is 0.316 e. The van der Waals surface area contributed by atoms with Gasteiger partial charge in [-0.25, -0.2) is 4.79 Å². The third-order valence-corrected chi connectivity index (χ3v) is 6.16. The van der Waals surface area contributed by atoms with E-state index >= 15 is 0 Å². The lowest BCUT2D eigenvalue weighted by Crippen LogP contribution is -2.43. The molecule has 2 atom stereocenters. The van der Waals surface area contributed by atoms with Crippen LogP contribution in [-0.4, -0.2) is 45.9 Å². The topological polar surface area (TPSA) is 157 Å². The lowest BCUT2D eigenvalue weighted by atomic mass is 9.93. The first-order valence-electron chi connectivity index (χ1n) is 12.4. The highest BCUT2D eigenvalue weighted by Gasteiger charge is 2.21. The van der Waals surface area contributed by atoms with Crippen LogP contribution in [0.1, 0.15) is 48.2 Å². The summed E-state index contributed by atoms with van der Waals surface area (Å²) in [6.45, 7) is 4.08. The number of carbonyl (C=O) groups excluding carboxylic acids is 2. The molecule has 2 unspecified atom stereocenters. The van der Waals surface area contributed by atoms with E-state index in [1.54, 1.807) is 6.07 Å². The Bertz CT molecular complexity index is 1230. The van der Waals surface area contributed by atoms with Gasteiger partial charge in [0.05, 0.1) is 30.9 Å². The summed E-state index contributed by atoms with van der Waals surface area (Å²) in [6.07, 6.45) is -0.0585. The summed E-state index contributed by atoms with van der Waals surface area (Å²) in [7, 11) is 0. The average Bonchev–Trinajstić information content (AvgIpc) is 2.87. The van der Waals surface area contributed by atoms with Crippen LogP contribution in [0.25, 0.3) is 0 Å². The Morgan fingerprint density at radius 1 is 0.947 bits per heavy atom. The molecule has 3 amide bonds. The zero-order chi connectivity index (χ0) is 27.7. The molecule has 3 rings (SSSR count). The molecule has 0 spiro atoms. The molecule has 0 saturated carbocycles. The minimum absolute atomic E-state index is 0.128. The van der Waals surface area contributed by atoms with Gasteiger partial charge in [-0.15, -0.1) is 0 Å². The van der Waals surface area contributed by atoms with Crippen molar-refractivity contribution in [2.45, 2.75) is 44.4 Å². The van der Waals surface area contributed by atoms with Crippen molar-refractivity contribution in [3.8, 4) is 5.75 Å². The van der Waals surface area contributed by atoms with E-state index in [0.29, 0.717) is 12.0 Å². The molecular weight excluding hydrogens is 484 g/mol. The third kappa shape index (κ3) is 8.58. The Kier molecular flexibility index (Phi) is 9.84. The number of hydrogen-bond acceptors (Lipinski definition) is 6. The van der Waals surface area contributed by atoms with Gasteiger partial charge in [-0.3, -0.25) is 4.79 Å². The number of urea groups is 1. The van der Waals surface area contributed by atoms with Crippen LogP contribution in [0.4, 0.5) is 10.5 Å². The van der Waals surface area contributed by atoms with E-state index in [1.807, 2.05) is 68.4 Å². The number of anilines is 1. The summed E-state index contributed by atoms with van der Waals surface area (Å²) in [5.41, 5.74) is 8.12. The van der Waals surface area contributed by atoms with Crippen LogP contribution in [0, 0.1) is 0 Å². The first kappa shape index (κ1) is 28.6. The van der Waals surface area contributed by atoms with Gasteiger partial charge in [-0.1, -0.05) is 60.7 Å². The summed E-state index contributed by atoms with van der Waals surface area (Å²) in [5, 5.41) is 38.8. The van der Waals surface area contributed by atoms with Crippen molar-refractivity contribution in [1.82, 2.24) is 10.6 Å². The van der Waals surface area contributed by atoms with Crippen LogP contribution in [0.3, 0.4) is 0 Å². The number of phenolic OH excluding ortho intramolecular Hbond substituents is 1. The van der Waals surface area contributed by atoms with Crippen LogP contribution in [0.15, 0.2) is 72.8 Å². The predicted molar refractivity (Wildman–Crippen MR) is 147 cm³/mol. The molecule has 0 heterocycles. The van der Waals surface area contributed by atoms with Crippen LogP contribution >= 0.6 is 0 Å². The van der Waals surface area contributed by atoms with Crippen LogP contribution in [0.2, 0.25) is 0 Å². The Labute approximate surface area is 222 Å². The van der Waals surface area contributed by atoms with Crippen molar-refractivity contribution in [2.75, 3.05) is 18.5 Å². The number of aromatic hydroxyl groups is 1. The zero-order valence-corrected chi connectivity index (χ0v) is 21.6. The SMILES string of the molecule is CC(C)(Cc1cccc(CC(=O)NC(CO)c2ccccc2)c1)NCC(O)c1ccc(O)c(NC(N)=O)c1. The molecule has 3 aromatic carbocycles. The lowest BCUT2D eigenvalue weighted by molar-refractivity contribution is -0.121. The minimum atomic E-state index is -0.887. The fourth-order valence-corrected chi connectivity index (χ4v) is 4.26. The number of phenols is 1. The Morgan fingerprint density at radius 3 is 2.34 bits per heavy atom. The second-order valence-electron chi connectivity index (χ2n) is 9.93. The highest BCUT2D eigenvalue weighted by molar-refractivity contribution is 5.89.